The van der Waals surface area contributed by atoms with Crippen LogP contribution in [0.15, 0.2) is 53.9 Å². The first-order valence-corrected chi connectivity index (χ1v) is 17.5. The predicted molar refractivity (Wildman–Crippen MR) is 201 cm³/mol. The molecule has 0 radical (unpaired) electrons. The van der Waals surface area contributed by atoms with E-state index in [9.17, 15) is 9.90 Å². The molecule has 52 heavy (non-hydrogen) atoms. The molecule has 2 saturated heterocycles. The van der Waals surface area contributed by atoms with Crippen LogP contribution in [0.25, 0.3) is 16.6 Å². The van der Waals surface area contributed by atoms with Gasteiger partial charge in [-0.1, -0.05) is 6.92 Å². The summed E-state index contributed by atoms with van der Waals surface area (Å²) in [6.45, 7) is 5.58. The smallest absolute Gasteiger partial charge is 0.290 e. The zero-order valence-corrected chi connectivity index (χ0v) is 30.2. The standard InChI is InChI=1S/C36H47N9O4.CH2O2/c1-5-23-16-27(46)6-7-30(23)42-35(37)29-20-40-45-21-24(17-33(45)34(29)41-25-10-14-49-22-25)28-19-39-31(36(47)38-11-15-48-4)18-32(28)44-12-8-26(9-13-44)43(2)3;2-1-3/h6-7,16-21,25-26,41,46H,5,8-15,22H2,1-4H3,(H2,37,42)(H,38,47);1H,(H,2,3)/t25-;/m1./s1. The second kappa shape index (κ2) is 17.8. The topological polar surface area (TPSA) is 192 Å². The van der Waals surface area contributed by atoms with Crippen LogP contribution in [0.2, 0.25) is 0 Å². The molecule has 0 bridgehead atoms. The van der Waals surface area contributed by atoms with Crippen LogP contribution < -0.4 is 21.3 Å². The summed E-state index contributed by atoms with van der Waals surface area (Å²) in [5.74, 6) is 0.272. The number of benzene rings is 1. The van der Waals surface area contributed by atoms with Gasteiger partial charge in [0.05, 0.1) is 47.9 Å². The van der Waals surface area contributed by atoms with Crippen LogP contribution >= 0.6 is 0 Å². The molecule has 1 amide bonds. The van der Waals surface area contributed by atoms with Crippen LogP contribution in [-0.2, 0) is 20.7 Å². The average molecular weight is 716 g/mol. The second-order valence-corrected chi connectivity index (χ2v) is 13.0. The van der Waals surface area contributed by atoms with Crippen LogP contribution in [0.4, 0.5) is 17.1 Å². The Hall–Kier alpha value is -5.25. The zero-order chi connectivity index (χ0) is 37.2. The largest absolute Gasteiger partial charge is 0.508 e. The summed E-state index contributed by atoms with van der Waals surface area (Å²) in [6.07, 6.45) is 9.11. The number of pyridine rings is 1. The van der Waals surface area contributed by atoms with Gasteiger partial charge < -0.3 is 45.9 Å². The minimum Gasteiger partial charge on any atom is -0.508 e. The van der Waals surface area contributed by atoms with Crippen molar-refractivity contribution < 1.29 is 29.3 Å². The highest BCUT2D eigenvalue weighted by molar-refractivity contribution is 6.07. The number of nitrogens with two attached hydrogens (primary N) is 1. The van der Waals surface area contributed by atoms with Gasteiger partial charge in [-0.05, 0) is 75.7 Å². The van der Waals surface area contributed by atoms with Gasteiger partial charge >= 0.3 is 0 Å². The molecular formula is C37H49N9O6. The fraction of sp³-hybridized carbons (Fsp3) is 0.432. The Kier molecular flexibility index (Phi) is 13.0. The number of amides is 1. The number of nitrogens with zero attached hydrogens (tertiary/aromatic N) is 6. The average Bonchev–Trinajstić information content (AvgIpc) is 3.83. The maximum Gasteiger partial charge on any atom is 0.290 e. The first kappa shape index (κ1) is 38.0. The molecule has 5 heterocycles. The summed E-state index contributed by atoms with van der Waals surface area (Å²) in [5.41, 5.74) is 13.8. The first-order valence-electron chi connectivity index (χ1n) is 17.5. The third-order valence-corrected chi connectivity index (χ3v) is 9.43. The summed E-state index contributed by atoms with van der Waals surface area (Å²) in [6, 6.07) is 9.70. The van der Waals surface area contributed by atoms with Crippen LogP contribution in [-0.4, -0.2) is 121 Å². The molecule has 0 spiro atoms. The fourth-order valence-electron chi connectivity index (χ4n) is 6.59. The number of piperidine rings is 1. The molecule has 2 aliphatic rings. The Balaban J connectivity index is 0.00000168. The molecular weight excluding hydrogens is 666 g/mol. The van der Waals surface area contributed by atoms with Crippen molar-refractivity contribution in [3.05, 3.63) is 65.7 Å². The summed E-state index contributed by atoms with van der Waals surface area (Å²) in [4.78, 5) is 35.5. The number of nitrogens with one attached hydrogen (secondary N) is 2. The molecule has 2 aliphatic heterocycles. The number of hydrogen-bond acceptors (Lipinski definition) is 11. The molecule has 0 unspecified atom stereocenters. The number of hydrogen-bond donors (Lipinski definition) is 5. The Morgan fingerprint density at radius 1 is 1.19 bits per heavy atom. The van der Waals surface area contributed by atoms with Crippen molar-refractivity contribution in [2.45, 2.75) is 44.7 Å². The third kappa shape index (κ3) is 8.96. The molecule has 15 heteroatoms. The van der Waals surface area contributed by atoms with Crippen molar-refractivity contribution in [2.24, 2.45) is 10.7 Å². The Morgan fingerprint density at radius 2 is 1.96 bits per heavy atom. The molecule has 6 N–H and O–H groups in total. The molecule has 0 aliphatic carbocycles. The van der Waals surface area contributed by atoms with Crippen molar-refractivity contribution in [3.63, 3.8) is 0 Å². The SMILES string of the molecule is CCc1cc(O)ccc1N=C(N)c1cnn2cc(-c3cnc(C(=O)NCCOC)cc3N3CCC(N(C)C)CC3)cc2c1N[C@@H]1CCOC1.O=CO. The number of methoxy groups -OCH3 is 1. The highest BCUT2D eigenvalue weighted by Crippen LogP contribution is 2.37. The lowest BCUT2D eigenvalue weighted by atomic mass is 10.0. The number of carboxylic acid groups (broad SMARTS) is 1. The number of phenols is 1. The first-order chi connectivity index (χ1) is 25.2. The van der Waals surface area contributed by atoms with Crippen LogP contribution in [0, 0.1) is 0 Å². The van der Waals surface area contributed by atoms with E-state index in [1.54, 1.807) is 37.7 Å². The number of fused-ring (bicyclic) bond motifs is 1. The molecule has 15 nitrogen and oxygen atoms in total. The predicted octanol–water partition coefficient (Wildman–Crippen LogP) is 3.51. The Morgan fingerprint density at radius 3 is 2.63 bits per heavy atom. The highest BCUT2D eigenvalue weighted by Gasteiger charge is 2.26. The van der Waals surface area contributed by atoms with E-state index in [-0.39, 0.29) is 24.2 Å². The summed E-state index contributed by atoms with van der Waals surface area (Å²) in [5, 5.41) is 28.3. The van der Waals surface area contributed by atoms with E-state index in [0.29, 0.717) is 61.6 Å². The second-order valence-electron chi connectivity index (χ2n) is 13.0. The number of carbonyl (C=O) groups is 2. The van der Waals surface area contributed by atoms with Crippen molar-refractivity contribution >= 4 is 40.8 Å². The van der Waals surface area contributed by atoms with Gasteiger partial charge in [-0.2, -0.15) is 5.10 Å². The lowest BCUT2D eigenvalue weighted by Gasteiger charge is -2.37. The maximum absolute atomic E-state index is 13.1. The molecule has 2 fully saturated rings. The number of aliphatic imine (C=N–C) groups is 1. The van der Waals surface area contributed by atoms with E-state index in [0.717, 1.165) is 65.9 Å². The van der Waals surface area contributed by atoms with Crippen molar-refractivity contribution in [2.75, 3.05) is 70.9 Å². The van der Waals surface area contributed by atoms with Gasteiger partial charge in [-0.15, -0.1) is 0 Å². The van der Waals surface area contributed by atoms with E-state index in [2.05, 4.69) is 45.6 Å². The van der Waals surface area contributed by atoms with Gasteiger partial charge in [0.15, 0.2) is 0 Å². The van der Waals surface area contributed by atoms with Gasteiger partial charge in [-0.3, -0.25) is 14.6 Å². The van der Waals surface area contributed by atoms with E-state index in [4.69, 9.17) is 35.2 Å². The molecule has 1 aromatic carbocycles. The van der Waals surface area contributed by atoms with Crippen molar-refractivity contribution in [1.82, 2.24) is 24.8 Å². The lowest BCUT2D eigenvalue weighted by molar-refractivity contribution is -0.122. The number of anilines is 2. The van der Waals surface area contributed by atoms with Gasteiger partial charge in [-0.25, -0.2) is 9.51 Å². The number of aromatic hydroxyl groups is 1. The molecule has 3 aromatic heterocycles. The van der Waals surface area contributed by atoms with Gasteiger partial charge in [0.2, 0.25) is 0 Å². The normalized spacial score (nSPS) is 16.5. The number of carbonyl (C=O) groups excluding carboxylic acids is 1. The van der Waals surface area contributed by atoms with Crippen LogP contribution in [0.3, 0.4) is 0 Å². The number of aryl methyl sites for hydroxylation is 1. The van der Waals surface area contributed by atoms with E-state index in [1.165, 1.54) is 0 Å². The maximum atomic E-state index is 13.1. The van der Waals surface area contributed by atoms with Crippen molar-refractivity contribution in [1.29, 1.82) is 0 Å². The van der Waals surface area contributed by atoms with Crippen molar-refractivity contribution in [3.8, 4) is 16.9 Å². The molecule has 1 atom stereocenters. The van der Waals surface area contributed by atoms with Crippen LogP contribution in [0.5, 0.6) is 5.75 Å². The van der Waals surface area contributed by atoms with Crippen LogP contribution in [0.1, 0.15) is 47.8 Å². The fourth-order valence-corrected chi connectivity index (χ4v) is 6.59. The van der Waals surface area contributed by atoms with E-state index < -0.39 is 0 Å². The Labute approximate surface area is 303 Å². The minimum absolute atomic E-state index is 0.0992. The molecule has 6 rings (SSSR count). The van der Waals surface area contributed by atoms with Gasteiger partial charge in [0, 0.05) is 68.6 Å². The highest BCUT2D eigenvalue weighted by atomic mass is 16.5. The summed E-state index contributed by atoms with van der Waals surface area (Å²) < 4.78 is 12.6. The molecule has 4 aromatic rings. The zero-order valence-electron chi connectivity index (χ0n) is 30.2. The monoisotopic (exact) mass is 715 g/mol. The van der Waals surface area contributed by atoms with Gasteiger partial charge in [0.25, 0.3) is 12.4 Å². The quantitative estimate of drug-likeness (QED) is 0.0622. The summed E-state index contributed by atoms with van der Waals surface area (Å²) >= 11 is 0. The van der Waals surface area contributed by atoms with E-state index >= 15 is 0 Å². The third-order valence-electron chi connectivity index (χ3n) is 9.43. The molecule has 278 valence electrons. The number of ether oxygens (including phenoxy) is 2. The number of phenolic OH excluding ortho intramolecular Hbond substituents is 1. The minimum atomic E-state index is -0.250. The lowest BCUT2D eigenvalue weighted by Crippen LogP contribution is -2.42. The van der Waals surface area contributed by atoms with E-state index in [1.807, 2.05) is 23.7 Å². The Bertz CT molecular complexity index is 1860. The number of aromatic nitrogens is 3. The number of rotatable bonds is 12. The van der Waals surface area contributed by atoms with Gasteiger partial charge in [0.1, 0.15) is 17.3 Å². The summed E-state index contributed by atoms with van der Waals surface area (Å²) in [7, 11) is 5.86. The number of amidine groups is 1. The molecule has 0 saturated carbocycles.